The number of anilines is 1. The zero-order chi connectivity index (χ0) is 21.1. The number of hydrogen-bond donors (Lipinski definition) is 2. The highest BCUT2D eigenvalue weighted by Gasteiger charge is 2.21. The summed E-state index contributed by atoms with van der Waals surface area (Å²) in [6, 6.07) is 13.5. The fourth-order valence-corrected chi connectivity index (χ4v) is 4.21. The molecule has 0 spiro atoms. The van der Waals surface area contributed by atoms with E-state index in [1.165, 1.54) is 5.56 Å². The summed E-state index contributed by atoms with van der Waals surface area (Å²) in [4.78, 5) is 19.0. The van der Waals surface area contributed by atoms with Crippen LogP contribution in [0.3, 0.4) is 0 Å². The molecule has 0 saturated carbocycles. The van der Waals surface area contributed by atoms with Gasteiger partial charge in [0.2, 0.25) is 0 Å². The lowest BCUT2D eigenvalue weighted by atomic mass is 9.89. The highest BCUT2D eigenvalue weighted by atomic mass is 16.4. The van der Waals surface area contributed by atoms with Crippen molar-refractivity contribution in [2.75, 3.05) is 39.0 Å². The van der Waals surface area contributed by atoms with Gasteiger partial charge in [0.1, 0.15) is 5.58 Å². The maximum Gasteiger partial charge on any atom is 0.344 e. The molecule has 2 aromatic carbocycles. The highest BCUT2D eigenvalue weighted by molar-refractivity contribution is 5.90. The Kier molecular flexibility index (Phi) is 5.97. The molecule has 0 atom stereocenters. The first-order chi connectivity index (χ1) is 14.6. The number of fused-ring (bicyclic) bond motifs is 1. The molecule has 0 radical (unpaired) electrons. The number of β-amino-alcohol motifs (C(OH)–C–C–N with tert-alkyl or cyclic N) is 1. The fraction of sp³-hybridized carbons (Fsp3) is 0.333. The van der Waals surface area contributed by atoms with Crippen molar-refractivity contribution in [1.82, 2.24) is 4.90 Å². The Bertz CT molecular complexity index is 1130. The lowest BCUT2D eigenvalue weighted by Crippen LogP contribution is -2.34. The van der Waals surface area contributed by atoms with E-state index < -0.39 is 0 Å². The average Bonchev–Trinajstić information content (AvgIpc) is 2.75. The number of piperidine rings is 1. The third-order valence-electron chi connectivity index (χ3n) is 5.90. The van der Waals surface area contributed by atoms with Crippen LogP contribution in [0.5, 0.6) is 0 Å². The predicted octanol–water partition coefficient (Wildman–Crippen LogP) is 3.26. The van der Waals surface area contributed by atoms with Crippen LogP contribution in [-0.4, -0.2) is 49.5 Å². The topological polar surface area (TPSA) is 92.1 Å². The van der Waals surface area contributed by atoms with Gasteiger partial charge in [-0.1, -0.05) is 18.2 Å². The van der Waals surface area contributed by atoms with Crippen LogP contribution in [0, 0.1) is 0 Å². The van der Waals surface area contributed by atoms with E-state index in [2.05, 4.69) is 16.0 Å². The van der Waals surface area contributed by atoms with Crippen molar-refractivity contribution in [3.05, 3.63) is 64.0 Å². The molecule has 0 amide bonds. The molecule has 1 aliphatic heterocycles. The highest BCUT2D eigenvalue weighted by Crippen LogP contribution is 2.31. The molecule has 0 bridgehead atoms. The van der Waals surface area contributed by atoms with E-state index in [1.54, 1.807) is 19.3 Å². The molecular weight excluding hydrogens is 378 g/mol. The van der Waals surface area contributed by atoms with Gasteiger partial charge in [0.05, 0.1) is 12.2 Å². The minimum Gasteiger partial charge on any atom is -0.422 e. The van der Waals surface area contributed by atoms with E-state index >= 15 is 0 Å². The number of benzene rings is 2. The van der Waals surface area contributed by atoms with E-state index in [-0.39, 0.29) is 12.2 Å². The summed E-state index contributed by atoms with van der Waals surface area (Å²) in [5, 5.41) is 10.0. The summed E-state index contributed by atoms with van der Waals surface area (Å²) in [6.07, 6.45) is 3.77. The summed E-state index contributed by atoms with van der Waals surface area (Å²) in [5.41, 5.74) is 10.1. The molecule has 1 aromatic heterocycles. The summed E-state index contributed by atoms with van der Waals surface area (Å²) in [5.74, 6) is 0.447. The van der Waals surface area contributed by atoms with Crippen molar-refractivity contribution in [1.29, 1.82) is 0 Å². The van der Waals surface area contributed by atoms with Gasteiger partial charge in [0.25, 0.3) is 0 Å². The molecule has 6 nitrogen and oxygen atoms in total. The molecule has 0 aliphatic carbocycles. The van der Waals surface area contributed by atoms with Crippen LogP contribution in [0.4, 0.5) is 5.69 Å². The molecule has 4 rings (SSSR count). The van der Waals surface area contributed by atoms with Crippen LogP contribution in [-0.2, 0) is 0 Å². The molecule has 3 N–H and O–H groups in total. The number of aliphatic hydroxyl groups is 1. The number of hydrogen-bond acceptors (Lipinski definition) is 6. The minimum absolute atomic E-state index is 0.203. The molecule has 1 aliphatic rings. The Morgan fingerprint density at radius 2 is 2.00 bits per heavy atom. The van der Waals surface area contributed by atoms with Crippen LogP contribution in [0.2, 0.25) is 0 Å². The van der Waals surface area contributed by atoms with Gasteiger partial charge in [0, 0.05) is 36.4 Å². The number of nitrogens with two attached hydrogens (primary N) is 1. The van der Waals surface area contributed by atoms with E-state index in [9.17, 15) is 4.79 Å². The number of aliphatic hydroxyl groups excluding tert-OH is 1. The smallest absolute Gasteiger partial charge is 0.344 e. The molecule has 30 heavy (non-hydrogen) atoms. The zero-order valence-corrected chi connectivity index (χ0v) is 17.2. The summed E-state index contributed by atoms with van der Waals surface area (Å²) < 4.78 is 5.70. The molecule has 3 aromatic rings. The predicted molar refractivity (Wildman–Crippen MR) is 121 cm³/mol. The fourth-order valence-electron chi connectivity index (χ4n) is 4.21. The van der Waals surface area contributed by atoms with Crippen LogP contribution in [0.15, 0.2) is 56.7 Å². The average molecular weight is 405 g/mol. The molecule has 6 heteroatoms. The van der Waals surface area contributed by atoms with Crippen molar-refractivity contribution >= 4 is 22.9 Å². The Labute approximate surface area is 175 Å². The van der Waals surface area contributed by atoms with Crippen molar-refractivity contribution in [2.45, 2.75) is 18.8 Å². The molecule has 156 valence electrons. The Hall–Kier alpha value is -2.96. The quantitative estimate of drug-likeness (QED) is 0.386. The number of nitrogen functional groups attached to an aromatic ring is 1. The molecule has 1 saturated heterocycles. The lowest BCUT2D eigenvalue weighted by Gasteiger charge is -2.31. The first-order valence-corrected chi connectivity index (χ1v) is 10.3. The largest absolute Gasteiger partial charge is 0.422 e. The maximum absolute atomic E-state index is 12.7. The minimum atomic E-state index is -0.360. The van der Waals surface area contributed by atoms with Crippen molar-refractivity contribution in [3.63, 3.8) is 0 Å². The van der Waals surface area contributed by atoms with E-state index in [1.807, 2.05) is 30.3 Å². The van der Waals surface area contributed by atoms with E-state index in [0.717, 1.165) is 49.0 Å². The second-order valence-electron chi connectivity index (χ2n) is 7.82. The van der Waals surface area contributed by atoms with Gasteiger partial charge in [-0.2, -0.15) is 0 Å². The van der Waals surface area contributed by atoms with Crippen LogP contribution >= 0.6 is 0 Å². The first-order valence-electron chi connectivity index (χ1n) is 10.3. The molecule has 0 unspecified atom stereocenters. The summed E-state index contributed by atoms with van der Waals surface area (Å²) in [7, 11) is 1.69. The lowest BCUT2D eigenvalue weighted by molar-refractivity contribution is 0.164. The van der Waals surface area contributed by atoms with Crippen LogP contribution in [0.25, 0.3) is 22.1 Å². The van der Waals surface area contributed by atoms with Crippen molar-refractivity contribution in [3.8, 4) is 11.1 Å². The maximum atomic E-state index is 12.7. The molecule has 1 fully saturated rings. The third kappa shape index (κ3) is 4.15. The standard InChI is InChI=1S/C24H27N3O3/c1-26-15-20-12-18(4-5-22(20)25)21-13-19-3-2-17(14-23(19)30-24(21)29)16-6-8-27(9-7-16)10-11-28/h2-5,12-16,28H,6-11,25H2,1H3. The Morgan fingerprint density at radius 1 is 1.20 bits per heavy atom. The zero-order valence-electron chi connectivity index (χ0n) is 17.2. The van der Waals surface area contributed by atoms with E-state index in [0.29, 0.717) is 22.8 Å². The van der Waals surface area contributed by atoms with Gasteiger partial charge in [-0.15, -0.1) is 0 Å². The number of likely N-dealkylation sites (tertiary alicyclic amines) is 1. The summed E-state index contributed by atoms with van der Waals surface area (Å²) >= 11 is 0. The summed E-state index contributed by atoms with van der Waals surface area (Å²) in [6.45, 7) is 2.90. The van der Waals surface area contributed by atoms with Crippen LogP contribution in [0.1, 0.15) is 29.9 Å². The van der Waals surface area contributed by atoms with Crippen molar-refractivity contribution < 1.29 is 9.52 Å². The van der Waals surface area contributed by atoms with Gasteiger partial charge in [-0.05, 0) is 67.2 Å². The second kappa shape index (κ2) is 8.81. The third-order valence-corrected chi connectivity index (χ3v) is 5.90. The van der Waals surface area contributed by atoms with Gasteiger partial charge in [-0.3, -0.25) is 4.99 Å². The molecular formula is C24H27N3O3. The van der Waals surface area contributed by atoms with E-state index in [4.69, 9.17) is 15.3 Å². The Balaban J connectivity index is 1.64. The Morgan fingerprint density at radius 3 is 2.73 bits per heavy atom. The number of nitrogens with zero attached hydrogens (tertiary/aromatic N) is 2. The van der Waals surface area contributed by atoms with Crippen LogP contribution < -0.4 is 11.4 Å². The normalized spacial score (nSPS) is 15.9. The van der Waals surface area contributed by atoms with Gasteiger partial charge >= 0.3 is 5.63 Å². The van der Waals surface area contributed by atoms with Crippen molar-refractivity contribution in [2.24, 2.45) is 4.99 Å². The second-order valence-corrected chi connectivity index (χ2v) is 7.82. The monoisotopic (exact) mass is 405 g/mol. The number of aliphatic imine (C=N–C) groups is 1. The number of rotatable bonds is 5. The SMILES string of the molecule is CN=Cc1cc(-c2cc3ccc(C4CCN(CCO)CC4)cc3oc2=O)ccc1N. The van der Waals surface area contributed by atoms with Gasteiger partial charge in [-0.25, -0.2) is 4.79 Å². The molecule has 2 heterocycles. The van der Waals surface area contributed by atoms with Gasteiger partial charge < -0.3 is 20.2 Å². The first kappa shape index (κ1) is 20.3. The van der Waals surface area contributed by atoms with Gasteiger partial charge in [0.15, 0.2) is 0 Å².